The zero-order chi connectivity index (χ0) is 14.0. The van der Waals surface area contributed by atoms with E-state index in [0.717, 1.165) is 31.3 Å². The predicted molar refractivity (Wildman–Crippen MR) is 75.0 cm³/mol. The van der Waals surface area contributed by atoms with Crippen LogP contribution < -0.4 is 5.11 Å². The van der Waals surface area contributed by atoms with Crippen molar-refractivity contribution in [2.45, 2.75) is 59.8 Å². The summed E-state index contributed by atoms with van der Waals surface area (Å²) < 4.78 is 0. The number of allylic oxidation sites excluding steroid dienone is 5. The molecule has 0 bridgehead atoms. The molecule has 0 radical (unpaired) electrons. The molecule has 0 aliphatic heterocycles. The van der Waals surface area contributed by atoms with E-state index in [4.69, 9.17) is 0 Å². The summed E-state index contributed by atoms with van der Waals surface area (Å²) in [5.74, 6) is -1.01. The summed E-state index contributed by atoms with van der Waals surface area (Å²) in [4.78, 5) is 10.3. The summed E-state index contributed by atoms with van der Waals surface area (Å²) in [5, 5.41) is 10.3. The van der Waals surface area contributed by atoms with Crippen molar-refractivity contribution in [2.75, 3.05) is 0 Å². The third kappa shape index (κ3) is 11.2. The maximum absolute atomic E-state index is 10.3. The van der Waals surface area contributed by atoms with Crippen molar-refractivity contribution in [1.29, 1.82) is 0 Å². The maximum Gasteiger partial charge on any atom is 0.0452 e. The minimum atomic E-state index is -1.01. The molecule has 0 atom stereocenters. The van der Waals surface area contributed by atoms with Crippen LogP contribution in [-0.2, 0) is 4.79 Å². The highest BCUT2D eigenvalue weighted by Crippen LogP contribution is 2.11. The van der Waals surface area contributed by atoms with E-state index < -0.39 is 5.97 Å². The van der Waals surface area contributed by atoms with E-state index >= 15 is 0 Å². The predicted octanol–water partition coefficient (Wildman–Crippen LogP) is 3.55. The van der Waals surface area contributed by atoms with E-state index in [0.29, 0.717) is 0 Å². The Bertz CT molecular complexity index is 342. The molecule has 0 heterocycles. The summed E-state index contributed by atoms with van der Waals surface area (Å²) in [6.45, 7) is 8.35. The average molecular weight is 249 g/mol. The SMILES string of the molecule is CC(C)=CCC/C(C)=C/CC/C(C)=C/CC(=O)[O-]. The van der Waals surface area contributed by atoms with Crippen molar-refractivity contribution < 1.29 is 9.90 Å². The fourth-order valence-corrected chi connectivity index (χ4v) is 1.60. The van der Waals surface area contributed by atoms with Gasteiger partial charge in [-0.25, -0.2) is 0 Å². The highest BCUT2D eigenvalue weighted by atomic mass is 16.4. The number of hydrogen-bond donors (Lipinski definition) is 0. The zero-order valence-electron chi connectivity index (χ0n) is 12.1. The van der Waals surface area contributed by atoms with Crippen molar-refractivity contribution in [3.8, 4) is 0 Å². The Hall–Kier alpha value is -1.31. The van der Waals surface area contributed by atoms with E-state index in [9.17, 15) is 9.90 Å². The molecule has 0 fully saturated rings. The molecule has 0 saturated carbocycles. The molecule has 0 rings (SSSR count). The molecule has 2 heteroatoms. The smallest absolute Gasteiger partial charge is 0.0452 e. The molecule has 2 nitrogen and oxygen atoms in total. The van der Waals surface area contributed by atoms with Crippen molar-refractivity contribution in [1.82, 2.24) is 0 Å². The first-order valence-electron chi connectivity index (χ1n) is 6.56. The van der Waals surface area contributed by atoms with Gasteiger partial charge >= 0.3 is 0 Å². The second-order valence-electron chi connectivity index (χ2n) is 5.04. The van der Waals surface area contributed by atoms with Crippen LogP contribution in [0.15, 0.2) is 34.9 Å². The highest BCUT2D eigenvalue weighted by molar-refractivity contribution is 5.66. The van der Waals surface area contributed by atoms with Crippen LogP contribution in [0.1, 0.15) is 59.8 Å². The lowest BCUT2D eigenvalue weighted by atomic mass is 10.1. The first kappa shape index (κ1) is 16.7. The molecule has 0 N–H and O–H groups in total. The molecule has 18 heavy (non-hydrogen) atoms. The van der Waals surface area contributed by atoms with Gasteiger partial charge in [-0.2, -0.15) is 0 Å². The Kier molecular flexibility index (Phi) is 8.99. The van der Waals surface area contributed by atoms with Crippen LogP contribution in [0.4, 0.5) is 0 Å². The molecule has 0 aromatic carbocycles. The van der Waals surface area contributed by atoms with Gasteiger partial charge in [-0.3, -0.25) is 0 Å². The van der Waals surface area contributed by atoms with Gasteiger partial charge in [0.1, 0.15) is 0 Å². The summed E-state index contributed by atoms with van der Waals surface area (Å²) in [6.07, 6.45) is 10.4. The second-order valence-corrected chi connectivity index (χ2v) is 5.04. The number of carbonyl (C=O) groups is 1. The van der Waals surface area contributed by atoms with Crippen molar-refractivity contribution >= 4 is 5.97 Å². The van der Waals surface area contributed by atoms with E-state index in [1.165, 1.54) is 11.1 Å². The summed E-state index contributed by atoms with van der Waals surface area (Å²) in [6, 6.07) is 0. The van der Waals surface area contributed by atoms with E-state index in [-0.39, 0.29) is 6.42 Å². The normalized spacial score (nSPS) is 12.4. The number of carboxylic acids is 1. The Morgan fingerprint density at radius 3 is 1.89 bits per heavy atom. The molecule has 0 amide bonds. The molecule has 0 aromatic heterocycles. The van der Waals surface area contributed by atoms with Gasteiger partial charge in [-0.1, -0.05) is 34.9 Å². The largest absolute Gasteiger partial charge is 0.550 e. The Morgan fingerprint density at radius 1 is 0.889 bits per heavy atom. The fraction of sp³-hybridized carbons (Fsp3) is 0.562. The van der Waals surface area contributed by atoms with Crippen LogP contribution in [0.2, 0.25) is 0 Å². The van der Waals surface area contributed by atoms with Crippen LogP contribution in [-0.4, -0.2) is 5.97 Å². The third-order valence-corrected chi connectivity index (χ3v) is 2.74. The highest BCUT2D eigenvalue weighted by Gasteiger charge is 1.92. The second kappa shape index (κ2) is 9.69. The van der Waals surface area contributed by atoms with E-state index in [1.54, 1.807) is 6.08 Å². The van der Waals surface area contributed by atoms with Gasteiger partial charge in [-0.15, -0.1) is 0 Å². The monoisotopic (exact) mass is 249 g/mol. The molecular weight excluding hydrogens is 224 g/mol. The summed E-state index contributed by atoms with van der Waals surface area (Å²) in [5.41, 5.74) is 3.89. The van der Waals surface area contributed by atoms with E-state index in [1.807, 2.05) is 6.92 Å². The van der Waals surface area contributed by atoms with Gasteiger partial charge in [0.2, 0.25) is 0 Å². The van der Waals surface area contributed by atoms with Crippen LogP contribution in [0.3, 0.4) is 0 Å². The third-order valence-electron chi connectivity index (χ3n) is 2.74. The molecule has 0 spiro atoms. The van der Waals surface area contributed by atoms with Gasteiger partial charge in [-0.05, 0) is 53.4 Å². The molecule has 102 valence electrons. The topological polar surface area (TPSA) is 40.1 Å². The van der Waals surface area contributed by atoms with Gasteiger partial charge in [0, 0.05) is 12.4 Å². The molecule has 0 saturated heterocycles. The number of rotatable bonds is 8. The maximum atomic E-state index is 10.3. The molecule has 0 aromatic rings. The van der Waals surface area contributed by atoms with Crippen LogP contribution in [0.25, 0.3) is 0 Å². The summed E-state index contributed by atoms with van der Waals surface area (Å²) >= 11 is 0. The standard InChI is InChI=1S/C16H26O2/c1-13(2)7-5-8-14(3)9-6-10-15(4)11-12-16(17)18/h7,9,11H,5-6,8,10,12H2,1-4H3,(H,17,18)/p-1/b14-9+,15-11+. The van der Waals surface area contributed by atoms with Crippen molar-refractivity contribution in [3.63, 3.8) is 0 Å². The van der Waals surface area contributed by atoms with Gasteiger partial charge in [0.25, 0.3) is 0 Å². The lowest BCUT2D eigenvalue weighted by Crippen LogP contribution is -2.20. The van der Waals surface area contributed by atoms with Gasteiger partial charge in [0.05, 0.1) is 0 Å². The minimum Gasteiger partial charge on any atom is -0.550 e. The molecule has 0 aliphatic carbocycles. The average Bonchev–Trinajstić information content (AvgIpc) is 2.25. The number of hydrogen-bond acceptors (Lipinski definition) is 2. The Balaban J connectivity index is 3.89. The minimum absolute atomic E-state index is 0.0229. The number of carboxylic acid groups (broad SMARTS) is 1. The lowest BCUT2D eigenvalue weighted by molar-refractivity contribution is -0.304. The van der Waals surface area contributed by atoms with Crippen molar-refractivity contribution in [2.24, 2.45) is 0 Å². The molecular formula is C16H25O2-. The summed E-state index contributed by atoms with van der Waals surface area (Å²) in [7, 11) is 0. The lowest BCUT2D eigenvalue weighted by Gasteiger charge is -2.02. The molecule has 0 aliphatic rings. The van der Waals surface area contributed by atoms with Gasteiger partial charge < -0.3 is 9.90 Å². The first-order valence-corrected chi connectivity index (χ1v) is 6.56. The Labute approximate surface area is 111 Å². The fourth-order valence-electron chi connectivity index (χ4n) is 1.60. The molecule has 0 unspecified atom stereocenters. The van der Waals surface area contributed by atoms with E-state index in [2.05, 4.69) is 32.9 Å². The zero-order valence-corrected chi connectivity index (χ0v) is 12.1. The van der Waals surface area contributed by atoms with Crippen LogP contribution >= 0.6 is 0 Å². The van der Waals surface area contributed by atoms with Crippen LogP contribution in [0, 0.1) is 0 Å². The quantitative estimate of drug-likeness (QED) is 0.617. The van der Waals surface area contributed by atoms with Gasteiger partial charge in [0.15, 0.2) is 0 Å². The number of carbonyl (C=O) groups excluding carboxylic acids is 1. The van der Waals surface area contributed by atoms with Crippen molar-refractivity contribution in [3.05, 3.63) is 34.9 Å². The van der Waals surface area contributed by atoms with Crippen LogP contribution in [0.5, 0.6) is 0 Å². The first-order chi connectivity index (χ1) is 8.41. The number of aliphatic carboxylic acids is 1. The Morgan fingerprint density at radius 2 is 1.39 bits per heavy atom.